The van der Waals surface area contributed by atoms with Crippen molar-refractivity contribution in [3.05, 3.63) is 12.7 Å². The molecule has 0 bridgehead atoms. The third kappa shape index (κ3) is 2.56. The molecular weight excluding hydrogens is 258 g/mol. The van der Waals surface area contributed by atoms with Crippen molar-refractivity contribution in [2.24, 2.45) is 5.41 Å². The normalized spacial score (nSPS) is 12.1. The van der Waals surface area contributed by atoms with Crippen LogP contribution in [0.25, 0.3) is 11.2 Å². The minimum absolute atomic E-state index is 0.248. The first-order valence-corrected chi connectivity index (χ1v) is 6.47. The van der Waals surface area contributed by atoms with E-state index in [1.165, 1.54) is 6.33 Å². The molecule has 0 aliphatic heterocycles. The zero-order valence-electron chi connectivity index (χ0n) is 12.1. The molecule has 0 saturated heterocycles. The number of nitrogens with zero attached hydrogens (tertiary/aromatic N) is 4. The van der Waals surface area contributed by atoms with Crippen LogP contribution < -0.4 is 5.32 Å². The second kappa shape index (κ2) is 5.07. The Morgan fingerprint density at radius 3 is 2.70 bits per heavy atom. The van der Waals surface area contributed by atoms with Crippen LogP contribution in [0.2, 0.25) is 0 Å². The number of hydrogen-bond donors (Lipinski definition) is 2. The van der Waals surface area contributed by atoms with E-state index in [9.17, 15) is 4.79 Å². The third-order valence-corrected chi connectivity index (χ3v) is 3.19. The van der Waals surface area contributed by atoms with E-state index in [4.69, 9.17) is 5.11 Å². The Labute approximate surface area is 117 Å². The summed E-state index contributed by atoms with van der Waals surface area (Å²) >= 11 is 0. The van der Waals surface area contributed by atoms with Crippen LogP contribution in [0, 0.1) is 5.41 Å². The monoisotopic (exact) mass is 277 g/mol. The molecule has 2 N–H and O–H groups in total. The van der Waals surface area contributed by atoms with Crippen molar-refractivity contribution in [2.75, 3.05) is 11.9 Å². The Morgan fingerprint density at radius 2 is 2.10 bits per heavy atom. The van der Waals surface area contributed by atoms with Crippen molar-refractivity contribution in [1.29, 1.82) is 0 Å². The molecule has 0 amide bonds. The van der Waals surface area contributed by atoms with Crippen LogP contribution in [-0.2, 0) is 4.79 Å². The molecule has 7 nitrogen and oxygen atoms in total. The van der Waals surface area contributed by atoms with Gasteiger partial charge in [0.25, 0.3) is 0 Å². The molecule has 7 heteroatoms. The topological polar surface area (TPSA) is 92.9 Å². The van der Waals surface area contributed by atoms with E-state index in [0.717, 1.165) is 5.65 Å². The second-order valence-corrected chi connectivity index (χ2v) is 5.68. The van der Waals surface area contributed by atoms with E-state index in [0.29, 0.717) is 11.3 Å². The first-order valence-electron chi connectivity index (χ1n) is 6.47. The molecule has 20 heavy (non-hydrogen) atoms. The molecule has 0 radical (unpaired) electrons. The molecule has 0 aliphatic rings. The smallest absolute Gasteiger partial charge is 0.310 e. The fourth-order valence-electron chi connectivity index (χ4n) is 1.74. The number of aromatic nitrogens is 4. The summed E-state index contributed by atoms with van der Waals surface area (Å²) in [5.74, 6) is -0.299. The van der Waals surface area contributed by atoms with Gasteiger partial charge in [-0.15, -0.1) is 0 Å². The fourth-order valence-corrected chi connectivity index (χ4v) is 1.74. The van der Waals surface area contributed by atoms with E-state index in [1.54, 1.807) is 20.2 Å². The highest BCUT2D eigenvalue weighted by molar-refractivity contribution is 5.83. The predicted molar refractivity (Wildman–Crippen MR) is 75.6 cm³/mol. The van der Waals surface area contributed by atoms with Gasteiger partial charge < -0.3 is 15.0 Å². The van der Waals surface area contributed by atoms with Gasteiger partial charge in [0, 0.05) is 12.6 Å². The van der Waals surface area contributed by atoms with Gasteiger partial charge in [-0.2, -0.15) is 0 Å². The molecule has 0 fully saturated rings. The maximum atomic E-state index is 11.1. The van der Waals surface area contributed by atoms with E-state index < -0.39 is 11.4 Å². The molecule has 0 aromatic carbocycles. The summed E-state index contributed by atoms with van der Waals surface area (Å²) < 4.78 is 1.95. The number of aliphatic carboxylic acids is 1. The highest BCUT2D eigenvalue weighted by atomic mass is 16.4. The van der Waals surface area contributed by atoms with Gasteiger partial charge in [-0.3, -0.25) is 4.79 Å². The number of carboxylic acids is 1. The molecule has 0 saturated carbocycles. The molecule has 108 valence electrons. The van der Waals surface area contributed by atoms with Crippen LogP contribution in [0.5, 0.6) is 0 Å². The zero-order valence-corrected chi connectivity index (χ0v) is 12.1. The summed E-state index contributed by atoms with van der Waals surface area (Å²) in [6.07, 6.45) is 3.18. The summed E-state index contributed by atoms with van der Waals surface area (Å²) in [4.78, 5) is 23.8. The molecule has 2 heterocycles. The van der Waals surface area contributed by atoms with E-state index in [1.807, 2.05) is 18.4 Å². The van der Waals surface area contributed by atoms with Crippen LogP contribution in [0.3, 0.4) is 0 Å². The first kappa shape index (κ1) is 14.2. The SMILES string of the molecule is CC(C)n1cnc2c(NCC(C)(C)C(=O)O)ncnc21. The molecule has 2 rings (SSSR count). The predicted octanol–water partition coefficient (Wildman–Crippen LogP) is 1.93. The lowest BCUT2D eigenvalue weighted by Crippen LogP contribution is -2.32. The maximum absolute atomic E-state index is 11.1. The van der Waals surface area contributed by atoms with Gasteiger partial charge in [0.1, 0.15) is 11.8 Å². The highest BCUT2D eigenvalue weighted by Gasteiger charge is 2.27. The van der Waals surface area contributed by atoms with E-state index >= 15 is 0 Å². The van der Waals surface area contributed by atoms with Crippen molar-refractivity contribution >= 4 is 23.0 Å². The second-order valence-electron chi connectivity index (χ2n) is 5.68. The van der Waals surface area contributed by atoms with E-state index in [-0.39, 0.29) is 12.6 Å². The fraction of sp³-hybridized carbons (Fsp3) is 0.538. The molecule has 2 aromatic heterocycles. The largest absolute Gasteiger partial charge is 0.481 e. The van der Waals surface area contributed by atoms with Gasteiger partial charge in [0.15, 0.2) is 11.5 Å². The Balaban J connectivity index is 2.30. The summed E-state index contributed by atoms with van der Waals surface area (Å²) in [5.41, 5.74) is 0.519. The number of fused-ring (bicyclic) bond motifs is 1. The lowest BCUT2D eigenvalue weighted by molar-refractivity contribution is -0.146. The quantitative estimate of drug-likeness (QED) is 0.867. The van der Waals surface area contributed by atoms with Crippen molar-refractivity contribution in [2.45, 2.75) is 33.7 Å². The lowest BCUT2D eigenvalue weighted by atomic mass is 9.94. The number of nitrogens with one attached hydrogen (secondary N) is 1. The Hall–Kier alpha value is -2.18. The Bertz CT molecular complexity index is 633. The summed E-state index contributed by atoms with van der Waals surface area (Å²) in [5, 5.41) is 12.2. The average molecular weight is 277 g/mol. The van der Waals surface area contributed by atoms with Gasteiger partial charge in [-0.1, -0.05) is 0 Å². The molecule has 0 atom stereocenters. The molecule has 0 aliphatic carbocycles. The average Bonchev–Trinajstić information content (AvgIpc) is 2.80. The summed E-state index contributed by atoms with van der Waals surface area (Å²) in [7, 11) is 0. The Morgan fingerprint density at radius 1 is 1.40 bits per heavy atom. The summed E-state index contributed by atoms with van der Waals surface area (Å²) in [6.45, 7) is 7.68. The van der Waals surface area contributed by atoms with Crippen molar-refractivity contribution in [1.82, 2.24) is 19.5 Å². The number of anilines is 1. The van der Waals surface area contributed by atoms with Crippen LogP contribution in [0.4, 0.5) is 5.82 Å². The van der Waals surface area contributed by atoms with Crippen LogP contribution >= 0.6 is 0 Å². The van der Waals surface area contributed by atoms with Gasteiger partial charge in [-0.25, -0.2) is 15.0 Å². The van der Waals surface area contributed by atoms with Crippen molar-refractivity contribution < 1.29 is 9.90 Å². The minimum atomic E-state index is -0.877. The van der Waals surface area contributed by atoms with Crippen LogP contribution in [-0.4, -0.2) is 37.1 Å². The highest BCUT2D eigenvalue weighted by Crippen LogP contribution is 2.22. The maximum Gasteiger partial charge on any atom is 0.310 e. The number of imidazole rings is 1. The van der Waals surface area contributed by atoms with Crippen molar-refractivity contribution in [3.8, 4) is 0 Å². The summed E-state index contributed by atoms with van der Waals surface area (Å²) in [6, 6.07) is 0.248. The lowest BCUT2D eigenvalue weighted by Gasteiger charge is -2.19. The number of carboxylic acid groups (broad SMARTS) is 1. The zero-order chi connectivity index (χ0) is 14.9. The van der Waals surface area contributed by atoms with Gasteiger partial charge in [0.2, 0.25) is 0 Å². The molecular formula is C13H19N5O2. The minimum Gasteiger partial charge on any atom is -0.481 e. The number of hydrogen-bond acceptors (Lipinski definition) is 5. The van der Waals surface area contributed by atoms with Gasteiger partial charge in [-0.05, 0) is 27.7 Å². The molecule has 0 spiro atoms. The van der Waals surface area contributed by atoms with Crippen molar-refractivity contribution in [3.63, 3.8) is 0 Å². The number of rotatable bonds is 5. The first-order chi connectivity index (χ1) is 9.33. The molecule has 0 unspecified atom stereocenters. The third-order valence-electron chi connectivity index (χ3n) is 3.19. The van der Waals surface area contributed by atoms with Gasteiger partial charge >= 0.3 is 5.97 Å². The van der Waals surface area contributed by atoms with Crippen LogP contribution in [0.15, 0.2) is 12.7 Å². The standard InChI is InChI=1S/C13H19N5O2/c1-8(2)18-7-17-9-10(15-6-16-11(9)18)14-5-13(3,4)12(19)20/h6-8H,5H2,1-4H3,(H,19,20)(H,14,15,16). The van der Waals surface area contributed by atoms with Gasteiger partial charge in [0.05, 0.1) is 11.7 Å². The molecule has 2 aromatic rings. The van der Waals surface area contributed by atoms with E-state index in [2.05, 4.69) is 20.3 Å². The number of carbonyl (C=O) groups is 1. The Kier molecular flexibility index (Phi) is 3.61. The van der Waals surface area contributed by atoms with Crippen LogP contribution in [0.1, 0.15) is 33.7 Å².